The summed E-state index contributed by atoms with van der Waals surface area (Å²) in [5, 5.41) is 4.93. The van der Waals surface area contributed by atoms with Gasteiger partial charge in [-0.25, -0.2) is 0 Å². The molecule has 0 saturated heterocycles. The van der Waals surface area contributed by atoms with Crippen LogP contribution in [0.2, 0.25) is 0 Å². The molecular formula is C49H39N3. The van der Waals surface area contributed by atoms with Crippen LogP contribution in [0.3, 0.4) is 0 Å². The maximum Gasteiger partial charge on any atom is 0.0652 e. The van der Waals surface area contributed by atoms with Crippen molar-refractivity contribution in [1.29, 1.82) is 0 Å². The van der Waals surface area contributed by atoms with Crippen molar-refractivity contribution in [1.82, 2.24) is 4.57 Å². The number of allylic oxidation sites excluding steroid dienone is 8. The van der Waals surface area contributed by atoms with Gasteiger partial charge in [-0.05, 0) is 104 Å². The maximum atomic E-state index is 2.53. The first-order chi connectivity index (χ1) is 25.7. The number of rotatable bonds is 5. The highest BCUT2D eigenvalue weighted by Crippen LogP contribution is 2.53. The van der Waals surface area contributed by atoms with Gasteiger partial charge in [-0.1, -0.05) is 115 Å². The van der Waals surface area contributed by atoms with Crippen molar-refractivity contribution in [3.05, 3.63) is 194 Å². The van der Waals surface area contributed by atoms with Crippen LogP contribution in [-0.4, -0.2) is 10.6 Å². The predicted molar refractivity (Wildman–Crippen MR) is 221 cm³/mol. The summed E-state index contributed by atoms with van der Waals surface area (Å²) in [6, 6.07) is 49.4. The van der Waals surface area contributed by atoms with Crippen molar-refractivity contribution in [2.24, 2.45) is 0 Å². The van der Waals surface area contributed by atoms with Crippen molar-refractivity contribution in [2.75, 3.05) is 9.80 Å². The second-order valence-corrected chi connectivity index (χ2v) is 14.2. The molecule has 52 heavy (non-hydrogen) atoms. The van der Waals surface area contributed by atoms with Gasteiger partial charge in [-0.3, -0.25) is 0 Å². The Labute approximate surface area is 305 Å². The lowest BCUT2D eigenvalue weighted by Gasteiger charge is -2.32. The highest BCUT2D eigenvalue weighted by atomic mass is 15.2. The van der Waals surface area contributed by atoms with Crippen molar-refractivity contribution in [2.45, 2.75) is 31.2 Å². The number of anilines is 5. The lowest BCUT2D eigenvalue weighted by molar-refractivity contribution is 0.558. The minimum absolute atomic E-state index is 0.176. The lowest BCUT2D eigenvalue weighted by atomic mass is 9.78. The van der Waals surface area contributed by atoms with E-state index in [4.69, 9.17) is 0 Å². The van der Waals surface area contributed by atoms with Crippen molar-refractivity contribution >= 4 is 66.7 Å². The molecule has 6 aromatic carbocycles. The fourth-order valence-electron chi connectivity index (χ4n) is 8.77. The van der Waals surface area contributed by atoms with Crippen molar-refractivity contribution in [3.8, 4) is 0 Å². The molecule has 2 heterocycles. The molecule has 0 amide bonds. The van der Waals surface area contributed by atoms with Gasteiger partial charge >= 0.3 is 0 Å². The third-order valence-electron chi connectivity index (χ3n) is 11.2. The second-order valence-electron chi connectivity index (χ2n) is 14.2. The van der Waals surface area contributed by atoms with Crippen LogP contribution in [0.1, 0.15) is 25.3 Å². The van der Waals surface area contributed by atoms with Gasteiger partial charge in [0, 0.05) is 50.0 Å². The molecule has 2 atom stereocenters. The van der Waals surface area contributed by atoms with E-state index in [-0.39, 0.29) is 11.5 Å². The van der Waals surface area contributed by atoms with Gasteiger partial charge in [0.25, 0.3) is 0 Å². The van der Waals surface area contributed by atoms with Crippen LogP contribution >= 0.6 is 0 Å². The molecule has 0 bridgehead atoms. The Morgan fingerprint density at radius 1 is 0.635 bits per heavy atom. The van der Waals surface area contributed by atoms with Gasteiger partial charge < -0.3 is 14.4 Å². The molecule has 1 aliphatic heterocycles. The number of aromatic nitrogens is 1. The Balaban J connectivity index is 1.22. The highest BCUT2D eigenvalue weighted by Gasteiger charge is 2.46. The molecule has 3 nitrogen and oxygen atoms in total. The molecule has 0 spiro atoms. The number of benzene rings is 6. The molecule has 2 aliphatic carbocycles. The standard InChI is InChI=1S/C49H39N3/c1-49-32-15-5-10-27-48(49)52(37-21-8-4-9-22-37)47-31-29-39(34-43(47)49)50(44-26-16-18-35-17-11-12-23-40(35)44)38-28-30-46-42(33-38)41-24-13-14-25-45(41)51(46)36-19-6-2-3-7-20-36/h2,4,6-34,48H,3,5H2,1H3. The Hall–Kier alpha value is -6.32. The topological polar surface area (TPSA) is 11.4 Å². The molecular weight excluding hydrogens is 631 g/mol. The van der Waals surface area contributed by atoms with Gasteiger partial charge in [0.15, 0.2) is 0 Å². The zero-order chi connectivity index (χ0) is 34.6. The maximum absolute atomic E-state index is 2.53. The zero-order valence-corrected chi connectivity index (χ0v) is 29.2. The number of para-hydroxylation sites is 2. The van der Waals surface area contributed by atoms with Gasteiger partial charge in [0.05, 0.1) is 22.8 Å². The van der Waals surface area contributed by atoms with Crippen molar-refractivity contribution in [3.63, 3.8) is 0 Å². The average Bonchev–Trinajstić information content (AvgIpc) is 3.35. The van der Waals surface area contributed by atoms with E-state index in [9.17, 15) is 0 Å². The van der Waals surface area contributed by atoms with E-state index >= 15 is 0 Å². The third kappa shape index (κ3) is 4.73. The van der Waals surface area contributed by atoms with E-state index < -0.39 is 0 Å². The summed E-state index contributed by atoms with van der Waals surface area (Å²) in [4.78, 5) is 5.00. The van der Waals surface area contributed by atoms with Crippen LogP contribution in [0.15, 0.2) is 188 Å². The summed E-state index contributed by atoms with van der Waals surface area (Å²) in [7, 11) is 0. The number of fused-ring (bicyclic) bond motifs is 7. The van der Waals surface area contributed by atoms with Crippen LogP contribution in [0, 0.1) is 0 Å². The molecule has 0 N–H and O–H groups in total. The first-order valence-electron chi connectivity index (χ1n) is 18.4. The fraction of sp³-hybridized carbons (Fsp3) is 0.102. The monoisotopic (exact) mass is 669 g/mol. The molecule has 7 aromatic rings. The Morgan fingerprint density at radius 2 is 1.38 bits per heavy atom. The van der Waals surface area contributed by atoms with Gasteiger partial charge in [0.2, 0.25) is 0 Å². The predicted octanol–water partition coefficient (Wildman–Crippen LogP) is 13.1. The lowest BCUT2D eigenvalue weighted by Crippen LogP contribution is -2.37. The minimum atomic E-state index is -0.204. The summed E-state index contributed by atoms with van der Waals surface area (Å²) in [6.07, 6.45) is 22.5. The fourth-order valence-corrected chi connectivity index (χ4v) is 8.77. The smallest absolute Gasteiger partial charge is 0.0652 e. The van der Waals surface area contributed by atoms with Gasteiger partial charge in [0.1, 0.15) is 0 Å². The largest absolute Gasteiger partial charge is 0.333 e. The van der Waals surface area contributed by atoms with E-state index in [2.05, 4.69) is 209 Å². The van der Waals surface area contributed by atoms with Crippen molar-refractivity contribution < 1.29 is 0 Å². The molecule has 3 aliphatic rings. The Morgan fingerprint density at radius 3 is 2.31 bits per heavy atom. The Bertz CT molecular complexity index is 2660. The molecule has 0 radical (unpaired) electrons. The third-order valence-corrected chi connectivity index (χ3v) is 11.2. The highest BCUT2D eigenvalue weighted by molar-refractivity contribution is 6.12. The van der Waals surface area contributed by atoms with E-state index in [1.165, 1.54) is 55.2 Å². The summed E-state index contributed by atoms with van der Waals surface area (Å²) in [5.41, 5.74) is 10.6. The van der Waals surface area contributed by atoms with E-state index in [0.717, 1.165) is 29.9 Å². The normalized spacial score (nSPS) is 19.1. The first kappa shape index (κ1) is 30.5. The van der Waals surface area contributed by atoms with Crippen LogP contribution in [0.5, 0.6) is 0 Å². The Kier molecular flexibility index (Phi) is 7.14. The van der Waals surface area contributed by atoms with E-state index in [1.54, 1.807) is 0 Å². The summed E-state index contributed by atoms with van der Waals surface area (Å²) in [6.45, 7) is 2.41. The first-order valence-corrected chi connectivity index (χ1v) is 18.4. The van der Waals surface area contributed by atoms with Crippen LogP contribution in [0.4, 0.5) is 28.4 Å². The summed E-state index contributed by atoms with van der Waals surface area (Å²) < 4.78 is 2.41. The molecule has 0 saturated carbocycles. The van der Waals surface area contributed by atoms with Crippen LogP contribution < -0.4 is 9.80 Å². The molecule has 10 rings (SSSR count). The second kappa shape index (κ2) is 12.2. The van der Waals surface area contributed by atoms with Gasteiger partial charge in [-0.2, -0.15) is 0 Å². The number of hydrogen-bond acceptors (Lipinski definition) is 2. The number of nitrogens with zero attached hydrogens (tertiary/aromatic N) is 3. The summed E-state index contributed by atoms with van der Waals surface area (Å²) >= 11 is 0. The van der Waals surface area contributed by atoms with Crippen LogP contribution in [0.25, 0.3) is 38.3 Å². The van der Waals surface area contributed by atoms with Gasteiger partial charge in [-0.15, -0.1) is 0 Å². The summed E-state index contributed by atoms with van der Waals surface area (Å²) in [5.74, 6) is 0. The molecule has 3 heteroatoms. The van der Waals surface area contributed by atoms with E-state index in [0.29, 0.717) is 0 Å². The van der Waals surface area contributed by atoms with E-state index in [1.807, 2.05) is 0 Å². The molecule has 1 aromatic heterocycles. The minimum Gasteiger partial charge on any atom is -0.333 e. The van der Waals surface area contributed by atoms with Crippen LogP contribution in [-0.2, 0) is 5.41 Å². The molecule has 0 fully saturated rings. The average molecular weight is 670 g/mol. The SMILES string of the molecule is CC12C=CCC=CC1N(c1ccccc1)c1ccc(N(c3ccc4c(c3)c3ccccc3n4C3=CC=CCC=C3)c3cccc4ccccc34)cc12. The molecule has 2 unspecified atom stereocenters. The number of hydrogen-bond donors (Lipinski definition) is 0. The zero-order valence-electron chi connectivity index (χ0n) is 29.2. The quantitative estimate of drug-likeness (QED) is 0.169. The molecule has 250 valence electrons.